The number of hydrogen-bond donors (Lipinski definition) is 2. The molecule has 0 fully saturated rings. The molecule has 2 aromatic heterocycles. The van der Waals surface area contributed by atoms with Crippen molar-refractivity contribution in [3.8, 4) is 11.5 Å². The average molecular weight is 367 g/mol. The van der Waals surface area contributed by atoms with Crippen LogP contribution >= 0.6 is 0 Å². The molecule has 7 heteroatoms. The van der Waals surface area contributed by atoms with Crippen molar-refractivity contribution in [3.05, 3.63) is 60.1 Å². The van der Waals surface area contributed by atoms with Crippen molar-refractivity contribution in [2.75, 3.05) is 7.05 Å². The molecule has 0 saturated carbocycles. The highest BCUT2D eigenvalue weighted by atomic mass is 16.4. The molecule has 27 heavy (non-hydrogen) atoms. The zero-order chi connectivity index (χ0) is 19.3. The molecule has 142 valence electrons. The summed E-state index contributed by atoms with van der Waals surface area (Å²) in [5, 5.41) is 6.39. The van der Waals surface area contributed by atoms with Gasteiger partial charge in [-0.2, -0.15) is 0 Å². The van der Waals surface area contributed by atoms with Gasteiger partial charge in [0.1, 0.15) is 12.0 Å². The predicted molar refractivity (Wildman–Crippen MR) is 104 cm³/mol. The maximum absolute atomic E-state index is 5.77. The van der Waals surface area contributed by atoms with Gasteiger partial charge in [-0.3, -0.25) is 4.99 Å². The first-order valence-electron chi connectivity index (χ1n) is 8.85. The van der Waals surface area contributed by atoms with Gasteiger partial charge < -0.3 is 19.5 Å². The molecule has 3 rings (SSSR count). The van der Waals surface area contributed by atoms with Crippen LogP contribution in [0.3, 0.4) is 0 Å². The summed E-state index contributed by atoms with van der Waals surface area (Å²) in [5.74, 6) is 2.72. The first kappa shape index (κ1) is 18.7. The fraction of sp³-hybridized carbons (Fsp3) is 0.350. The van der Waals surface area contributed by atoms with Gasteiger partial charge in [0, 0.05) is 18.0 Å². The summed E-state index contributed by atoms with van der Waals surface area (Å²) in [6.07, 6.45) is 3.42. The average Bonchev–Trinajstić information content (AvgIpc) is 3.32. The predicted octanol–water partition coefficient (Wildman–Crippen LogP) is 3.49. The molecule has 0 aliphatic heterocycles. The van der Waals surface area contributed by atoms with Gasteiger partial charge in [0.05, 0.1) is 25.0 Å². The summed E-state index contributed by atoms with van der Waals surface area (Å²) >= 11 is 0. The zero-order valence-corrected chi connectivity index (χ0v) is 16.1. The molecule has 0 unspecified atom stereocenters. The van der Waals surface area contributed by atoms with Crippen molar-refractivity contribution in [3.63, 3.8) is 0 Å². The minimum absolute atomic E-state index is 0.0609. The summed E-state index contributed by atoms with van der Waals surface area (Å²) in [6.45, 7) is 7.21. The topological polar surface area (TPSA) is 88.5 Å². The zero-order valence-electron chi connectivity index (χ0n) is 16.1. The quantitative estimate of drug-likeness (QED) is 0.530. The maximum Gasteiger partial charge on any atom is 0.226 e. The lowest BCUT2D eigenvalue weighted by Crippen LogP contribution is -2.36. The van der Waals surface area contributed by atoms with Crippen LogP contribution in [0.2, 0.25) is 0 Å². The van der Waals surface area contributed by atoms with E-state index in [9.17, 15) is 0 Å². The second-order valence-corrected chi connectivity index (χ2v) is 7.16. The Hall–Kier alpha value is -3.09. The fourth-order valence-corrected chi connectivity index (χ4v) is 2.39. The fourth-order valence-electron chi connectivity index (χ4n) is 2.39. The Balaban J connectivity index is 1.52. The van der Waals surface area contributed by atoms with Gasteiger partial charge in [0.2, 0.25) is 11.8 Å². The van der Waals surface area contributed by atoms with E-state index in [1.54, 1.807) is 19.5 Å². The van der Waals surface area contributed by atoms with Crippen molar-refractivity contribution in [2.45, 2.75) is 39.3 Å². The summed E-state index contributed by atoms with van der Waals surface area (Å²) in [7, 11) is 1.71. The summed E-state index contributed by atoms with van der Waals surface area (Å²) < 4.78 is 11.3. The van der Waals surface area contributed by atoms with Gasteiger partial charge in [0.25, 0.3) is 0 Å². The normalized spacial score (nSPS) is 12.2. The Labute approximate surface area is 158 Å². The minimum atomic E-state index is -0.0609. The highest BCUT2D eigenvalue weighted by Gasteiger charge is 2.19. The maximum atomic E-state index is 5.77. The first-order chi connectivity index (χ1) is 13.0. The second kappa shape index (κ2) is 8.07. The number of aromatic nitrogens is 2. The lowest BCUT2D eigenvalue weighted by atomic mass is 9.94. The van der Waals surface area contributed by atoms with Crippen LogP contribution in [0.15, 0.2) is 56.6 Å². The largest absolute Gasteiger partial charge is 0.444 e. The molecule has 2 N–H and O–H groups in total. The van der Waals surface area contributed by atoms with Gasteiger partial charge >= 0.3 is 0 Å². The van der Waals surface area contributed by atoms with Crippen molar-refractivity contribution >= 4 is 5.96 Å². The third-order valence-corrected chi connectivity index (χ3v) is 3.93. The Bertz CT molecular complexity index is 890. The molecular formula is C20H25N5O2. The van der Waals surface area contributed by atoms with E-state index < -0.39 is 0 Å². The summed E-state index contributed by atoms with van der Waals surface area (Å²) in [5.41, 5.74) is 1.68. The number of guanidine groups is 1. The van der Waals surface area contributed by atoms with Crippen molar-refractivity contribution in [1.29, 1.82) is 0 Å². The first-order valence-corrected chi connectivity index (χ1v) is 8.85. The van der Waals surface area contributed by atoms with Crippen LogP contribution in [0.5, 0.6) is 0 Å². The number of hydrogen-bond acceptors (Lipinski definition) is 5. The molecule has 0 amide bonds. The molecule has 0 atom stereocenters. The number of aliphatic imine (C=N–C) groups is 1. The third-order valence-electron chi connectivity index (χ3n) is 3.93. The van der Waals surface area contributed by atoms with E-state index in [1.807, 2.05) is 30.3 Å². The van der Waals surface area contributed by atoms with Crippen LogP contribution in [0, 0.1) is 0 Å². The molecule has 0 aliphatic carbocycles. The molecule has 0 radical (unpaired) electrons. The third kappa shape index (κ3) is 4.97. The number of nitrogens with one attached hydrogen (secondary N) is 2. The van der Waals surface area contributed by atoms with Gasteiger partial charge in [-0.25, -0.2) is 9.97 Å². The number of oxazole rings is 2. The van der Waals surface area contributed by atoms with E-state index in [0.717, 1.165) is 17.0 Å². The van der Waals surface area contributed by atoms with Gasteiger partial charge in [0.15, 0.2) is 5.96 Å². The van der Waals surface area contributed by atoms with Crippen molar-refractivity contribution in [2.24, 2.45) is 4.99 Å². The molecule has 2 heterocycles. The second-order valence-electron chi connectivity index (χ2n) is 7.16. The molecular weight excluding hydrogens is 342 g/mol. The molecule has 1 aromatic carbocycles. The number of rotatable bonds is 5. The van der Waals surface area contributed by atoms with E-state index >= 15 is 0 Å². The standard InChI is InChI=1S/C20H25N5O2/c1-20(2,3)16-11-22-17(27-16)12-24-19(21-4)23-10-15-13-26-18(25-15)14-8-6-5-7-9-14/h5-9,11,13H,10,12H2,1-4H3,(H2,21,23,24). The smallest absolute Gasteiger partial charge is 0.226 e. The van der Waals surface area contributed by atoms with Crippen molar-refractivity contribution < 1.29 is 8.83 Å². The van der Waals surface area contributed by atoms with Crippen LogP contribution < -0.4 is 10.6 Å². The lowest BCUT2D eigenvalue weighted by molar-refractivity contribution is 0.379. The Kier molecular flexibility index (Phi) is 5.59. The van der Waals surface area contributed by atoms with Gasteiger partial charge in [-0.15, -0.1) is 0 Å². The number of benzene rings is 1. The van der Waals surface area contributed by atoms with Crippen LogP contribution in [0.4, 0.5) is 0 Å². The highest BCUT2D eigenvalue weighted by molar-refractivity contribution is 5.79. The lowest BCUT2D eigenvalue weighted by Gasteiger charge is -2.13. The monoisotopic (exact) mass is 367 g/mol. The van der Waals surface area contributed by atoms with E-state index in [-0.39, 0.29) is 5.41 Å². The van der Waals surface area contributed by atoms with Crippen LogP contribution in [-0.4, -0.2) is 23.0 Å². The molecule has 0 aliphatic rings. The van der Waals surface area contributed by atoms with Crippen LogP contribution in [0.25, 0.3) is 11.5 Å². The highest BCUT2D eigenvalue weighted by Crippen LogP contribution is 2.22. The van der Waals surface area contributed by atoms with Crippen LogP contribution in [-0.2, 0) is 18.5 Å². The SMILES string of the molecule is CN=C(NCc1coc(-c2ccccc2)n1)NCc1ncc(C(C)(C)C)o1. The van der Waals surface area contributed by atoms with Gasteiger partial charge in [-0.1, -0.05) is 39.0 Å². The Morgan fingerprint density at radius 1 is 1.11 bits per heavy atom. The van der Waals surface area contributed by atoms with Crippen LogP contribution in [0.1, 0.15) is 38.1 Å². The van der Waals surface area contributed by atoms with Crippen molar-refractivity contribution in [1.82, 2.24) is 20.6 Å². The van der Waals surface area contributed by atoms with E-state index in [1.165, 1.54) is 0 Å². The summed E-state index contributed by atoms with van der Waals surface area (Å²) in [4.78, 5) is 13.0. The molecule has 0 bridgehead atoms. The Morgan fingerprint density at radius 2 is 1.85 bits per heavy atom. The van der Waals surface area contributed by atoms with E-state index in [0.29, 0.717) is 30.8 Å². The van der Waals surface area contributed by atoms with Gasteiger partial charge in [-0.05, 0) is 12.1 Å². The molecule has 3 aromatic rings. The molecule has 0 saturated heterocycles. The molecule has 0 spiro atoms. The number of nitrogens with zero attached hydrogens (tertiary/aromatic N) is 3. The summed E-state index contributed by atoms with van der Waals surface area (Å²) in [6, 6.07) is 9.80. The molecule has 7 nitrogen and oxygen atoms in total. The Morgan fingerprint density at radius 3 is 2.52 bits per heavy atom. The minimum Gasteiger partial charge on any atom is -0.444 e. The van der Waals surface area contributed by atoms with E-state index in [4.69, 9.17) is 8.83 Å². The van der Waals surface area contributed by atoms with E-state index in [2.05, 4.69) is 46.4 Å².